The van der Waals surface area contributed by atoms with E-state index in [0.717, 1.165) is 30.4 Å². The third kappa shape index (κ3) is 2.69. The number of carbonyl (C=O) groups excluding carboxylic acids is 2. The number of rotatable bonds is 2. The molecule has 3 atom stereocenters. The van der Waals surface area contributed by atoms with E-state index in [2.05, 4.69) is 15.9 Å². The van der Waals surface area contributed by atoms with Crippen molar-refractivity contribution in [1.82, 2.24) is 4.90 Å². The molecule has 2 heterocycles. The van der Waals surface area contributed by atoms with Crippen molar-refractivity contribution in [2.45, 2.75) is 18.9 Å². The fraction of sp³-hybridized carbons (Fsp3) is 0.529. The molecule has 3 unspecified atom stereocenters. The highest BCUT2D eigenvalue weighted by Gasteiger charge is 2.43. The molecule has 2 fully saturated rings. The van der Waals surface area contributed by atoms with Gasteiger partial charge in [0, 0.05) is 23.6 Å². The van der Waals surface area contributed by atoms with Gasteiger partial charge < -0.3 is 15.4 Å². The molecule has 2 amide bonds. The molecule has 4 rings (SSSR count). The van der Waals surface area contributed by atoms with Crippen LogP contribution in [0.15, 0.2) is 22.7 Å². The Hall–Kier alpha value is -1.60. The molecule has 3 aliphatic rings. The number of hydrogen-bond acceptors (Lipinski definition) is 4. The summed E-state index contributed by atoms with van der Waals surface area (Å²) in [5, 5.41) is 0. The van der Waals surface area contributed by atoms with Gasteiger partial charge in [0.15, 0.2) is 6.61 Å². The molecule has 2 aliphatic heterocycles. The number of carbonyl (C=O) groups is 2. The second-order valence-electron chi connectivity index (χ2n) is 6.84. The zero-order valence-corrected chi connectivity index (χ0v) is 14.9. The lowest BCUT2D eigenvalue weighted by Crippen LogP contribution is -2.46. The summed E-state index contributed by atoms with van der Waals surface area (Å²) in [4.78, 5) is 28.4. The van der Waals surface area contributed by atoms with Crippen molar-refractivity contribution in [2.75, 3.05) is 31.1 Å². The maximum absolute atomic E-state index is 12.7. The maximum atomic E-state index is 12.7. The van der Waals surface area contributed by atoms with Gasteiger partial charge in [-0.3, -0.25) is 14.5 Å². The standard InChI is InChI=1S/C17H20BrN3O3/c18-11-2-4-14-15(5-11)24-9-17(23)21(14)8-16(22)20-6-10-1-3-13(19)12(10)7-20/h2,4-5,10,12-13H,1,3,6-9,19H2. The number of benzene rings is 1. The highest BCUT2D eigenvalue weighted by molar-refractivity contribution is 9.10. The molecule has 1 saturated heterocycles. The van der Waals surface area contributed by atoms with Crippen LogP contribution in [0.2, 0.25) is 0 Å². The van der Waals surface area contributed by atoms with Crippen LogP contribution >= 0.6 is 15.9 Å². The molecular weight excluding hydrogens is 374 g/mol. The molecule has 7 heteroatoms. The van der Waals surface area contributed by atoms with Gasteiger partial charge in [-0.05, 0) is 42.9 Å². The fourth-order valence-corrected chi connectivity index (χ4v) is 4.44. The van der Waals surface area contributed by atoms with Crippen LogP contribution in [-0.2, 0) is 9.59 Å². The van der Waals surface area contributed by atoms with Crippen molar-refractivity contribution in [1.29, 1.82) is 0 Å². The van der Waals surface area contributed by atoms with E-state index in [9.17, 15) is 9.59 Å². The monoisotopic (exact) mass is 393 g/mol. The Kier molecular flexibility index (Phi) is 4.00. The van der Waals surface area contributed by atoms with Crippen molar-refractivity contribution >= 4 is 33.4 Å². The zero-order chi connectivity index (χ0) is 16.8. The lowest BCUT2D eigenvalue weighted by atomic mass is 9.98. The van der Waals surface area contributed by atoms with Crippen LogP contribution in [0.4, 0.5) is 5.69 Å². The van der Waals surface area contributed by atoms with Gasteiger partial charge in [-0.1, -0.05) is 15.9 Å². The topological polar surface area (TPSA) is 75.9 Å². The SMILES string of the molecule is NC1CCC2CN(C(=O)CN3C(=O)COc4cc(Br)ccc43)CC12. The number of halogens is 1. The Morgan fingerprint density at radius 3 is 2.96 bits per heavy atom. The third-order valence-corrected chi connectivity index (χ3v) is 5.92. The number of hydrogen-bond donors (Lipinski definition) is 1. The number of fused-ring (bicyclic) bond motifs is 2. The van der Waals surface area contributed by atoms with Gasteiger partial charge in [-0.15, -0.1) is 0 Å². The summed E-state index contributed by atoms with van der Waals surface area (Å²) < 4.78 is 6.34. The van der Waals surface area contributed by atoms with E-state index in [4.69, 9.17) is 10.5 Å². The minimum atomic E-state index is -0.186. The van der Waals surface area contributed by atoms with E-state index in [1.807, 2.05) is 17.0 Å². The molecule has 1 aromatic rings. The lowest BCUT2D eigenvalue weighted by Gasteiger charge is -2.30. The van der Waals surface area contributed by atoms with Gasteiger partial charge in [0.2, 0.25) is 5.91 Å². The average molecular weight is 394 g/mol. The summed E-state index contributed by atoms with van der Waals surface area (Å²) in [6.45, 7) is 1.51. The molecule has 128 valence electrons. The first-order chi connectivity index (χ1) is 11.5. The Bertz CT molecular complexity index is 696. The number of ether oxygens (including phenoxy) is 1. The number of likely N-dealkylation sites (tertiary alicyclic amines) is 1. The first kappa shape index (κ1) is 15.9. The van der Waals surface area contributed by atoms with Crippen LogP contribution in [0, 0.1) is 11.8 Å². The summed E-state index contributed by atoms with van der Waals surface area (Å²) in [5.74, 6) is 1.36. The van der Waals surface area contributed by atoms with Crippen LogP contribution in [0.1, 0.15) is 12.8 Å². The smallest absolute Gasteiger partial charge is 0.265 e. The van der Waals surface area contributed by atoms with Gasteiger partial charge in [0.1, 0.15) is 12.3 Å². The van der Waals surface area contributed by atoms with Crippen molar-refractivity contribution in [3.63, 3.8) is 0 Å². The van der Waals surface area contributed by atoms with E-state index in [0.29, 0.717) is 23.3 Å². The second kappa shape index (κ2) is 6.04. The lowest BCUT2D eigenvalue weighted by molar-refractivity contribution is -0.131. The Labute approximate surface area is 149 Å². The molecule has 2 N–H and O–H groups in total. The molecule has 0 spiro atoms. The Balaban J connectivity index is 1.49. The van der Waals surface area contributed by atoms with Crippen molar-refractivity contribution in [3.8, 4) is 5.75 Å². The summed E-state index contributed by atoms with van der Waals surface area (Å²) in [7, 11) is 0. The zero-order valence-electron chi connectivity index (χ0n) is 13.3. The van der Waals surface area contributed by atoms with E-state index >= 15 is 0 Å². The van der Waals surface area contributed by atoms with Crippen molar-refractivity contribution in [3.05, 3.63) is 22.7 Å². The van der Waals surface area contributed by atoms with Gasteiger partial charge >= 0.3 is 0 Å². The van der Waals surface area contributed by atoms with Crippen LogP contribution in [-0.4, -0.2) is 49.0 Å². The molecule has 1 aromatic carbocycles. The predicted molar refractivity (Wildman–Crippen MR) is 92.8 cm³/mol. The minimum absolute atomic E-state index is 0.0132. The largest absolute Gasteiger partial charge is 0.482 e. The molecule has 1 aliphatic carbocycles. The van der Waals surface area contributed by atoms with E-state index in [1.54, 1.807) is 6.07 Å². The van der Waals surface area contributed by atoms with Gasteiger partial charge in [-0.2, -0.15) is 0 Å². The molecule has 6 nitrogen and oxygen atoms in total. The van der Waals surface area contributed by atoms with E-state index < -0.39 is 0 Å². The summed E-state index contributed by atoms with van der Waals surface area (Å²) in [6, 6.07) is 5.67. The van der Waals surface area contributed by atoms with E-state index in [1.165, 1.54) is 4.90 Å². The third-order valence-electron chi connectivity index (χ3n) is 5.42. The van der Waals surface area contributed by atoms with E-state index in [-0.39, 0.29) is 31.0 Å². The Morgan fingerprint density at radius 2 is 2.17 bits per heavy atom. The molecule has 24 heavy (non-hydrogen) atoms. The summed E-state index contributed by atoms with van der Waals surface area (Å²) in [5.41, 5.74) is 6.79. The molecule has 0 bridgehead atoms. The summed E-state index contributed by atoms with van der Waals surface area (Å²) >= 11 is 3.39. The van der Waals surface area contributed by atoms with Crippen LogP contribution in [0.5, 0.6) is 5.75 Å². The van der Waals surface area contributed by atoms with Crippen molar-refractivity contribution in [2.24, 2.45) is 17.6 Å². The molecule has 1 saturated carbocycles. The van der Waals surface area contributed by atoms with Gasteiger partial charge in [-0.25, -0.2) is 0 Å². The normalized spacial score (nSPS) is 28.6. The predicted octanol–water partition coefficient (Wildman–Crippen LogP) is 1.37. The number of amides is 2. The number of nitrogens with two attached hydrogens (primary N) is 1. The second-order valence-corrected chi connectivity index (χ2v) is 7.76. The quantitative estimate of drug-likeness (QED) is 0.822. The maximum Gasteiger partial charge on any atom is 0.265 e. The van der Waals surface area contributed by atoms with Crippen LogP contribution < -0.4 is 15.4 Å². The molecule has 0 aromatic heterocycles. The van der Waals surface area contributed by atoms with Crippen molar-refractivity contribution < 1.29 is 14.3 Å². The van der Waals surface area contributed by atoms with Crippen LogP contribution in [0.3, 0.4) is 0 Å². The van der Waals surface area contributed by atoms with Gasteiger partial charge in [0.25, 0.3) is 5.91 Å². The Morgan fingerprint density at radius 1 is 1.33 bits per heavy atom. The van der Waals surface area contributed by atoms with Crippen LogP contribution in [0.25, 0.3) is 0 Å². The highest BCUT2D eigenvalue weighted by atomic mass is 79.9. The number of anilines is 1. The first-order valence-corrected chi connectivity index (χ1v) is 9.08. The minimum Gasteiger partial charge on any atom is -0.482 e. The molecular formula is C17H20BrN3O3. The van der Waals surface area contributed by atoms with Gasteiger partial charge in [0.05, 0.1) is 5.69 Å². The average Bonchev–Trinajstić information content (AvgIpc) is 3.12. The number of nitrogens with zero attached hydrogens (tertiary/aromatic N) is 2. The molecule has 0 radical (unpaired) electrons. The first-order valence-electron chi connectivity index (χ1n) is 8.29. The highest BCUT2D eigenvalue weighted by Crippen LogP contribution is 2.38. The fourth-order valence-electron chi connectivity index (χ4n) is 4.10. The summed E-state index contributed by atoms with van der Waals surface area (Å²) in [6.07, 6.45) is 2.16.